The summed E-state index contributed by atoms with van der Waals surface area (Å²) < 4.78 is 0. The second kappa shape index (κ2) is 6.59. The lowest BCUT2D eigenvalue weighted by molar-refractivity contribution is -0.116. The first kappa shape index (κ1) is 13.1. The summed E-state index contributed by atoms with van der Waals surface area (Å²) in [6.45, 7) is 7.81. The van der Waals surface area contributed by atoms with E-state index in [1.807, 2.05) is 12.3 Å². The van der Waals surface area contributed by atoms with Crippen LogP contribution in [0.25, 0.3) is 0 Å². The van der Waals surface area contributed by atoms with E-state index in [9.17, 15) is 4.79 Å². The minimum Gasteiger partial charge on any atom is -0.325 e. The lowest BCUT2D eigenvalue weighted by Crippen LogP contribution is -2.22. The highest BCUT2D eigenvalue weighted by Gasteiger charge is 2.14. The first-order chi connectivity index (χ1) is 7.69. The standard InChI is InChI=1S/C13H19NOS/c1-4-6-7-8-11-9-16-12(5-2)10(3)14-13(11)15/h5,9H,2,4,6-8H2,1,3H3,(H,14,15). The average Bonchev–Trinajstić information content (AvgIpc) is 2.39. The van der Waals surface area contributed by atoms with Gasteiger partial charge in [0.15, 0.2) is 0 Å². The second-order valence-electron chi connectivity index (χ2n) is 3.87. The predicted octanol–water partition coefficient (Wildman–Crippen LogP) is 3.73. The molecule has 0 aromatic heterocycles. The van der Waals surface area contributed by atoms with Crippen LogP contribution >= 0.6 is 11.8 Å². The third-order valence-electron chi connectivity index (χ3n) is 2.53. The monoisotopic (exact) mass is 237 g/mol. The van der Waals surface area contributed by atoms with Gasteiger partial charge in [-0.1, -0.05) is 44.2 Å². The molecule has 0 aromatic rings. The molecule has 0 fully saturated rings. The molecular weight excluding hydrogens is 218 g/mol. The van der Waals surface area contributed by atoms with Crippen LogP contribution in [0, 0.1) is 0 Å². The number of carbonyl (C=O) groups is 1. The Hall–Kier alpha value is -0.960. The van der Waals surface area contributed by atoms with E-state index < -0.39 is 0 Å². The zero-order chi connectivity index (χ0) is 12.0. The van der Waals surface area contributed by atoms with Crippen LogP contribution in [0.2, 0.25) is 0 Å². The molecule has 88 valence electrons. The summed E-state index contributed by atoms with van der Waals surface area (Å²) in [4.78, 5) is 12.8. The number of unbranched alkanes of at least 4 members (excludes halogenated alkanes) is 2. The van der Waals surface area contributed by atoms with E-state index in [4.69, 9.17) is 0 Å². The van der Waals surface area contributed by atoms with Gasteiger partial charge in [0.05, 0.1) is 0 Å². The topological polar surface area (TPSA) is 29.1 Å². The number of hydrogen-bond donors (Lipinski definition) is 1. The van der Waals surface area contributed by atoms with Crippen LogP contribution in [0.4, 0.5) is 0 Å². The molecule has 0 unspecified atom stereocenters. The van der Waals surface area contributed by atoms with Gasteiger partial charge < -0.3 is 5.32 Å². The first-order valence-electron chi connectivity index (χ1n) is 5.69. The van der Waals surface area contributed by atoms with Crippen LogP contribution in [0.5, 0.6) is 0 Å². The highest BCUT2D eigenvalue weighted by atomic mass is 32.2. The van der Waals surface area contributed by atoms with Crippen molar-refractivity contribution in [3.63, 3.8) is 0 Å². The zero-order valence-electron chi connectivity index (χ0n) is 10.0. The Kier molecular flexibility index (Phi) is 5.39. The van der Waals surface area contributed by atoms with Crippen molar-refractivity contribution in [2.24, 2.45) is 0 Å². The third kappa shape index (κ3) is 3.56. The van der Waals surface area contributed by atoms with E-state index in [2.05, 4.69) is 18.8 Å². The smallest absolute Gasteiger partial charge is 0.251 e. The molecule has 0 radical (unpaired) electrons. The molecule has 1 rings (SSSR count). The highest BCUT2D eigenvalue weighted by molar-refractivity contribution is 8.06. The fraction of sp³-hybridized carbons (Fsp3) is 0.462. The largest absolute Gasteiger partial charge is 0.325 e. The van der Waals surface area contributed by atoms with Gasteiger partial charge >= 0.3 is 0 Å². The van der Waals surface area contributed by atoms with Crippen LogP contribution in [0.1, 0.15) is 39.5 Å². The molecule has 0 saturated carbocycles. The Labute approximate surface area is 102 Å². The molecule has 1 N–H and O–H groups in total. The number of nitrogens with one attached hydrogen (secondary N) is 1. The fourth-order valence-electron chi connectivity index (χ4n) is 1.53. The van der Waals surface area contributed by atoms with Gasteiger partial charge in [-0.05, 0) is 25.2 Å². The molecule has 0 saturated heterocycles. The predicted molar refractivity (Wildman–Crippen MR) is 70.9 cm³/mol. The molecule has 2 nitrogen and oxygen atoms in total. The molecule has 0 bridgehead atoms. The molecule has 1 aliphatic rings. The summed E-state index contributed by atoms with van der Waals surface area (Å²) in [5, 5.41) is 4.86. The van der Waals surface area contributed by atoms with Crippen LogP contribution in [-0.2, 0) is 4.79 Å². The SMILES string of the molecule is C=CC1=C(C)NC(=O)C(CCCCC)=CS1. The number of amides is 1. The van der Waals surface area contributed by atoms with Crippen molar-refractivity contribution in [2.45, 2.75) is 39.5 Å². The van der Waals surface area contributed by atoms with E-state index in [1.54, 1.807) is 17.8 Å². The minimum absolute atomic E-state index is 0.0398. The lowest BCUT2D eigenvalue weighted by Gasteiger charge is -2.06. The zero-order valence-corrected chi connectivity index (χ0v) is 10.8. The maximum atomic E-state index is 11.8. The van der Waals surface area contributed by atoms with Gasteiger partial charge in [0.1, 0.15) is 0 Å². The molecule has 0 spiro atoms. The number of thioether (sulfide) groups is 1. The minimum atomic E-state index is 0.0398. The van der Waals surface area contributed by atoms with Crippen LogP contribution in [0.3, 0.4) is 0 Å². The fourth-order valence-corrected chi connectivity index (χ4v) is 2.35. The van der Waals surface area contributed by atoms with Gasteiger partial charge in [0.25, 0.3) is 5.91 Å². The van der Waals surface area contributed by atoms with Crippen molar-refractivity contribution < 1.29 is 4.79 Å². The Bertz CT molecular complexity index is 342. The van der Waals surface area contributed by atoms with Gasteiger partial charge in [-0.2, -0.15) is 0 Å². The van der Waals surface area contributed by atoms with Crippen molar-refractivity contribution in [1.82, 2.24) is 5.32 Å². The van der Waals surface area contributed by atoms with Crippen molar-refractivity contribution in [1.29, 1.82) is 0 Å². The molecule has 1 amide bonds. The Morgan fingerprint density at radius 1 is 1.50 bits per heavy atom. The summed E-state index contributed by atoms with van der Waals surface area (Å²) in [6, 6.07) is 0. The maximum absolute atomic E-state index is 11.8. The van der Waals surface area contributed by atoms with Gasteiger partial charge in [0.2, 0.25) is 0 Å². The normalized spacial score (nSPS) is 16.6. The summed E-state index contributed by atoms with van der Waals surface area (Å²) in [5.74, 6) is 0.0398. The van der Waals surface area contributed by atoms with E-state index in [1.165, 1.54) is 12.8 Å². The maximum Gasteiger partial charge on any atom is 0.251 e. The highest BCUT2D eigenvalue weighted by Crippen LogP contribution is 2.27. The van der Waals surface area contributed by atoms with Crippen molar-refractivity contribution in [3.8, 4) is 0 Å². The first-order valence-corrected chi connectivity index (χ1v) is 6.57. The van der Waals surface area contributed by atoms with E-state index >= 15 is 0 Å². The van der Waals surface area contributed by atoms with Crippen LogP contribution in [0.15, 0.2) is 34.2 Å². The third-order valence-corrected chi connectivity index (χ3v) is 3.65. The molecule has 0 aromatic carbocycles. The Morgan fingerprint density at radius 2 is 2.25 bits per heavy atom. The molecule has 1 aliphatic heterocycles. The Balaban J connectivity index is 2.65. The summed E-state index contributed by atoms with van der Waals surface area (Å²) in [5.41, 5.74) is 1.78. The number of hydrogen-bond acceptors (Lipinski definition) is 2. The van der Waals surface area contributed by atoms with Gasteiger partial charge in [-0.15, -0.1) is 0 Å². The average molecular weight is 237 g/mol. The van der Waals surface area contributed by atoms with E-state index in [-0.39, 0.29) is 5.91 Å². The molecule has 0 aliphatic carbocycles. The van der Waals surface area contributed by atoms with E-state index in [0.717, 1.165) is 29.0 Å². The second-order valence-corrected chi connectivity index (χ2v) is 4.78. The molecule has 1 heterocycles. The van der Waals surface area contributed by atoms with Crippen molar-refractivity contribution in [2.75, 3.05) is 0 Å². The Morgan fingerprint density at radius 3 is 2.88 bits per heavy atom. The number of rotatable bonds is 5. The van der Waals surface area contributed by atoms with Crippen LogP contribution in [-0.4, -0.2) is 5.91 Å². The van der Waals surface area contributed by atoms with Gasteiger partial charge in [-0.3, -0.25) is 4.79 Å². The molecule has 16 heavy (non-hydrogen) atoms. The summed E-state index contributed by atoms with van der Waals surface area (Å²) in [6.07, 6.45) is 6.09. The molecule has 0 atom stereocenters. The molecule has 3 heteroatoms. The van der Waals surface area contributed by atoms with Crippen LogP contribution < -0.4 is 5.32 Å². The quantitative estimate of drug-likeness (QED) is 0.738. The summed E-state index contributed by atoms with van der Waals surface area (Å²) in [7, 11) is 0. The van der Waals surface area contributed by atoms with Gasteiger partial charge in [0, 0.05) is 16.2 Å². The van der Waals surface area contributed by atoms with E-state index in [0.29, 0.717) is 0 Å². The number of allylic oxidation sites excluding steroid dienone is 2. The number of carbonyl (C=O) groups excluding carboxylic acids is 1. The van der Waals surface area contributed by atoms with Crippen molar-refractivity contribution >= 4 is 17.7 Å². The van der Waals surface area contributed by atoms with Gasteiger partial charge in [-0.25, -0.2) is 0 Å². The molecular formula is C13H19NOS. The van der Waals surface area contributed by atoms with Crippen molar-refractivity contribution in [3.05, 3.63) is 34.2 Å². The summed E-state index contributed by atoms with van der Waals surface area (Å²) >= 11 is 1.58. The lowest BCUT2D eigenvalue weighted by atomic mass is 10.1.